The molecule has 1 N–H and O–H groups in total. The number of carboxylic acid groups (broad SMARTS) is 1. The average Bonchev–Trinajstić information content (AvgIpc) is 2.47. The van der Waals surface area contributed by atoms with E-state index in [1.165, 1.54) is 7.11 Å². The lowest BCUT2D eigenvalue weighted by Crippen LogP contribution is -2.51. The van der Waals surface area contributed by atoms with Gasteiger partial charge in [-0.15, -0.1) is 0 Å². The average molecular weight is 292 g/mol. The number of hydrogen-bond donors (Lipinski definition) is 1. The van der Waals surface area contributed by atoms with Crippen molar-refractivity contribution in [3.8, 4) is 5.75 Å². The molecule has 1 saturated heterocycles. The van der Waals surface area contributed by atoms with Crippen LogP contribution in [0, 0.1) is 0 Å². The highest BCUT2D eigenvalue weighted by Crippen LogP contribution is 2.22. The maximum Gasteiger partial charge on any atom is 0.339 e. The van der Waals surface area contributed by atoms with Crippen molar-refractivity contribution < 1.29 is 14.6 Å². The lowest BCUT2D eigenvalue weighted by atomic mass is 10.1. The first-order chi connectivity index (χ1) is 10.0. The molecule has 1 aromatic rings. The second kappa shape index (κ2) is 6.91. The van der Waals surface area contributed by atoms with Gasteiger partial charge in [0.05, 0.1) is 7.11 Å². The van der Waals surface area contributed by atoms with E-state index in [0.29, 0.717) is 11.8 Å². The summed E-state index contributed by atoms with van der Waals surface area (Å²) in [6.45, 7) is 9.54. The molecular formula is C16H24N2O3. The number of carbonyl (C=O) groups is 1. The van der Waals surface area contributed by atoms with Crippen molar-refractivity contribution in [3.05, 3.63) is 29.3 Å². The Morgan fingerprint density at radius 1 is 1.43 bits per heavy atom. The lowest BCUT2D eigenvalue weighted by Gasteiger charge is -2.39. The van der Waals surface area contributed by atoms with Gasteiger partial charge in [0.2, 0.25) is 0 Å². The van der Waals surface area contributed by atoms with E-state index < -0.39 is 5.97 Å². The van der Waals surface area contributed by atoms with Crippen molar-refractivity contribution in [2.24, 2.45) is 0 Å². The van der Waals surface area contributed by atoms with Crippen molar-refractivity contribution in [3.63, 3.8) is 0 Å². The van der Waals surface area contributed by atoms with Gasteiger partial charge in [0.1, 0.15) is 11.3 Å². The van der Waals surface area contributed by atoms with E-state index in [9.17, 15) is 4.79 Å². The van der Waals surface area contributed by atoms with Crippen molar-refractivity contribution in [1.29, 1.82) is 0 Å². The Morgan fingerprint density at radius 3 is 2.76 bits per heavy atom. The van der Waals surface area contributed by atoms with E-state index in [4.69, 9.17) is 9.84 Å². The minimum absolute atomic E-state index is 0.213. The zero-order chi connectivity index (χ0) is 15.4. The third-order valence-corrected chi connectivity index (χ3v) is 4.16. The molecule has 0 aliphatic carbocycles. The Bertz CT molecular complexity index is 504. The minimum Gasteiger partial charge on any atom is -0.496 e. The van der Waals surface area contributed by atoms with Gasteiger partial charge in [-0.2, -0.15) is 0 Å². The third kappa shape index (κ3) is 3.74. The minimum atomic E-state index is -0.955. The van der Waals surface area contributed by atoms with Gasteiger partial charge < -0.3 is 9.84 Å². The first kappa shape index (κ1) is 15.8. The molecule has 0 aromatic heterocycles. The lowest BCUT2D eigenvalue weighted by molar-refractivity contribution is 0.0693. The topological polar surface area (TPSA) is 53.0 Å². The summed E-state index contributed by atoms with van der Waals surface area (Å²) in [5.74, 6) is -0.524. The maximum absolute atomic E-state index is 11.1. The fourth-order valence-electron chi connectivity index (χ4n) is 2.95. The highest BCUT2D eigenvalue weighted by Gasteiger charge is 2.22. The highest BCUT2D eigenvalue weighted by molar-refractivity contribution is 5.90. The molecule has 0 spiro atoms. The Kier molecular flexibility index (Phi) is 5.20. The van der Waals surface area contributed by atoms with Crippen LogP contribution < -0.4 is 4.74 Å². The zero-order valence-corrected chi connectivity index (χ0v) is 13.0. The Balaban J connectivity index is 2.05. The smallest absolute Gasteiger partial charge is 0.339 e. The van der Waals surface area contributed by atoms with E-state index in [-0.39, 0.29) is 5.56 Å². The van der Waals surface area contributed by atoms with E-state index >= 15 is 0 Å². The summed E-state index contributed by atoms with van der Waals surface area (Å²) in [5.41, 5.74) is 1.31. The van der Waals surface area contributed by atoms with Gasteiger partial charge in [0.25, 0.3) is 0 Å². The van der Waals surface area contributed by atoms with Crippen LogP contribution in [-0.2, 0) is 6.54 Å². The zero-order valence-electron chi connectivity index (χ0n) is 13.0. The highest BCUT2D eigenvalue weighted by atomic mass is 16.5. The van der Waals surface area contributed by atoms with Gasteiger partial charge in [-0.05, 0) is 31.2 Å². The number of hydrogen-bond acceptors (Lipinski definition) is 4. The summed E-state index contributed by atoms with van der Waals surface area (Å²) >= 11 is 0. The molecule has 1 fully saturated rings. The van der Waals surface area contributed by atoms with Crippen molar-refractivity contribution in [1.82, 2.24) is 9.80 Å². The predicted octanol–water partition coefficient (Wildman–Crippen LogP) is 1.92. The Hall–Kier alpha value is -1.59. The third-order valence-electron chi connectivity index (χ3n) is 4.16. The van der Waals surface area contributed by atoms with Crippen LogP contribution in [0.2, 0.25) is 0 Å². The van der Waals surface area contributed by atoms with Gasteiger partial charge in [-0.1, -0.05) is 13.0 Å². The fourth-order valence-corrected chi connectivity index (χ4v) is 2.95. The van der Waals surface area contributed by atoms with Crippen molar-refractivity contribution >= 4 is 5.97 Å². The molecule has 5 heteroatoms. The summed E-state index contributed by atoms with van der Waals surface area (Å²) < 4.78 is 5.18. The second-order valence-electron chi connectivity index (χ2n) is 5.55. The molecule has 0 radical (unpaired) electrons. The van der Waals surface area contributed by atoms with E-state index in [2.05, 4.69) is 23.6 Å². The SMILES string of the molecule is CCN1CCN(Cc2ccc(C(=O)O)c(OC)c2)CC1C. The quantitative estimate of drug-likeness (QED) is 0.898. The van der Waals surface area contributed by atoms with Crippen molar-refractivity contribution in [2.75, 3.05) is 33.3 Å². The number of nitrogens with zero attached hydrogens (tertiary/aromatic N) is 2. The maximum atomic E-state index is 11.1. The standard InChI is InChI=1S/C16H24N2O3/c1-4-18-8-7-17(10-12(18)2)11-13-5-6-14(16(19)20)15(9-13)21-3/h5-6,9,12H,4,7-8,10-11H2,1-3H3,(H,19,20). The van der Waals surface area contributed by atoms with Crippen LogP contribution >= 0.6 is 0 Å². The summed E-state index contributed by atoms with van der Waals surface area (Å²) in [6, 6.07) is 5.90. The van der Waals surface area contributed by atoms with Crippen LogP contribution in [0.5, 0.6) is 5.75 Å². The van der Waals surface area contributed by atoms with Gasteiger partial charge in [-0.3, -0.25) is 9.80 Å². The molecule has 5 nitrogen and oxygen atoms in total. The van der Waals surface area contributed by atoms with Crippen LogP contribution in [0.1, 0.15) is 29.8 Å². The number of likely N-dealkylation sites (N-methyl/N-ethyl adjacent to an activating group) is 1. The summed E-state index contributed by atoms with van der Waals surface area (Å²) in [4.78, 5) is 16.0. The van der Waals surface area contributed by atoms with Crippen LogP contribution in [0.25, 0.3) is 0 Å². The van der Waals surface area contributed by atoms with E-state index in [0.717, 1.165) is 38.3 Å². The molecular weight excluding hydrogens is 268 g/mol. The van der Waals surface area contributed by atoms with Gasteiger partial charge >= 0.3 is 5.97 Å². The van der Waals surface area contributed by atoms with Crippen LogP contribution in [0.4, 0.5) is 0 Å². The van der Waals surface area contributed by atoms with Crippen molar-refractivity contribution in [2.45, 2.75) is 26.4 Å². The monoisotopic (exact) mass is 292 g/mol. The van der Waals surface area contributed by atoms with E-state index in [1.54, 1.807) is 6.07 Å². The molecule has 1 unspecified atom stereocenters. The molecule has 1 aliphatic heterocycles. The second-order valence-corrected chi connectivity index (χ2v) is 5.55. The van der Waals surface area contributed by atoms with Crippen LogP contribution in [0.3, 0.4) is 0 Å². The van der Waals surface area contributed by atoms with Crippen LogP contribution in [-0.4, -0.2) is 60.2 Å². The van der Waals surface area contributed by atoms with E-state index in [1.807, 2.05) is 12.1 Å². The molecule has 0 saturated carbocycles. The van der Waals surface area contributed by atoms with Gasteiger partial charge in [0, 0.05) is 32.2 Å². The van der Waals surface area contributed by atoms with Gasteiger partial charge in [0.15, 0.2) is 0 Å². The molecule has 116 valence electrons. The fraction of sp³-hybridized carbons (Fsp3) is 0.562. The number of ether oxygens (including phenoxy) is 1. The number of carboxylic acids is 1. The Morgan fingerprint density at radius 2 is 2.19 bits per heavy atom. The molecule has 1 atom stereocenters. The Labute approximate surface area is 126 Å². The molecule has 21 heavy (non-hydrogen) atoms. The number of piperazine rings is 1. The molecule has 0 amide bonds. The first-order valence-electron chi connectivity index (χ1n) is 7.41. The molecule has 2 rings (SSSR count). The number of aromatic carboxylic acids is 1. The summed E-state index contributed by atoms with van der Waals surface area (Å²) in [7, 11) is 1.51. The normalized spacial score (nSPS) is 20.4. The predicted molar refractivity (Wildman–Crippen MR) is 81.9 cm³/mol. The molecule has 1 aromatic carbocycles. The number of methoxy groups -OCH3 is 1. The number of benzene rings is 1. The van der Waals surface area contributed by atoms with Gasteiger partial charge in [-0.25, -0.2) is 4.79 Å². The largest absolute Gasteiger partial charge is 0.496 e. The molecule has 1 heterocycles. The summed E-state index contributed by atoms with van der Waals surface area (Å²) in [5, 5.41) is 9.10. The first-order valence-corrected chi connectivity index (χ1v) is 7.41. The molecule has 1 aliphatic rings. The van der Waals surface area contributed by atoms with Crippen LogP contribution in [0.15, 0.2) is 18.2 Å². The molecule has 0 bridgehead atoms. The number of rotatable bonds is 5. The summed E-state index contributed by atoms with van der Waals surface area (Å²) in [6.07, 6.45) is 0.